The van der Waals surface area contributed by atoms with Gasteiger partial charge in [-0.25, -0.2) is 4.79 Å². The van der Waals surface area contributed by atoms with Gasteiger partial charge in [-0.15, -0.1) is 10.2 Å². The molecule has 0 atom stereocenters. The van der Waals surface area contributed by atoms with E-state index in [4.69, 9.17) is 0 Å². The van der Waals surface area contributed by atoms with Crippen LogP contribution in [-0.4, -0.2) is 20.8 Å². The van der Waals surface area contributed by atoms with Gasteiger partial charge >= 0.3 is 6.03 Å². The number of carbonyl (C=O) groups is 1. The van der Waals surface area contributed by atoms with E-state index in [9.17, 15) is 4.79 Å². The number of urea groups is 1. The summed E-state index contributed by atoms with van der Waals surface area (Å²) < 4.78 is 2.18. The van der Waals surface area contributed by atoms with E-state index < -0.39 is 0 Å². The number of aryl methyl sites for hydroxylation is 2. The van der Waals surface area contributed by atoms with Gasteiger partial charge in [0.15, 0.2) is 5.82 Å². The van der Waals surface area contributed by atoms with Gasteiger partial charge in [-0.3, -0.25) is 0 Å². The van der Waals surface area contributed by atoms with E-state index in [1.165, 1.54) is 6.42 Å². The molecule has 2 amide bonds. The molecule has 0 fully saturated rings. The second-order valence-corrected chi connectivity index (χ2v) is 6.58. The summed E-state index contributed by atoms with van der Waals surface area (Å²) in [5.41, 5.74) is 3.55. The molecule has 1 aromatic heterocycles. The van der Waals surface area contributed by atoms with Gasteiger partial charge in [0, 0.05) is 29.9 Å². The first-order valence-electron chi connectivity index (χ1n) is 8.86. The number of fused-ring (bicyclic) bond motifs is 1. The second kappa shape index (κ2) is 7.00. The maximum Gasteiger partial charge on any atom is 0.323 e. The number of nitrogens with one attached hydrogen (secondary N) is 2. The lowest BCUT2D eigenvalue weighted by atomic mass is 10.1. The van der Waals surface area contributed by atoms with Crippen molar-refractivity contribution >= 4 is 17.4 Å². The predicted molar refractivity (Wildman–Crippen MR) is 102 cm³/mol. The first-order chi connectivity index (χ1) is 12.7. The molecule has 26 heavy (non-hydrogen) atoms. The molecule has 2 aromatic carbocycles. The second-order valence-electron chi connectivity index (χ2n) is 6.58. The smallest absolute Gasteiger partial charge is 0.311 e. The van der Waals surface area contributed by atoms with E-state index >= 15 is 0 Å². The molecule has 4 rings (SSSR count). The molecule has 2 N–H and O–H groups in total. The fourth-order valence-electron chi connectivity index (χ4n) is 3.27. The minimum atomic E-state index is -0.268. The third-order valence-corrected chi connectivity index (χ3v) is 4.51. The van der Waals surface area contributed by atoms with Gasteiger partial charge in [-0.05, 0) is 49.6 Å². The molecular formula is C20H21N5O. The van der Waals surface area contributed by atoms with E-state index in [0.29, 0.717) is 0 Å². The number of aromatic nitrogens is 3. The van der Waals surface area contributed by atoms with Gasteiger partial charge < -0.3 is 15.2 Å². The Morgan fingerprint density at radius 1 is 1.00 bits per heavy atom. The summed E-state index contributed by atoms with van der Waals surface area (Å²) in [6.07, 6.45) is 3.29. The van der Waals surface area contributed by atoms with Crippen LogP contribution in [0.15, 0.2) is 48.5 Å². The van der Waals surface area contributed by atoms with Crippen LogP contribution in [0.5, 0.6) is 0 Å². The first-order valence-corrected chi connectivity index (χ1v) is 8.86. The minimum Gasteiger partial charge on any atom is -0.311 e. The average molecular weight is 347 g/mol. The lowest BCUT2D eigenvalue weighted by Gasteiger charge is -2.15. The number of amides is 2. The molecule has 0 bridgehead atoms. The zero-order chi connectivity index (χ0) is 17.9. The Morgan fingerprint density at radius 2 is 1.77 bits per heavy atom. The van der Waals surface area contributed by atoms with Crippen molar-refractivity contribution in [2.24, 2.45) is 0 Å². The molecule has 132 valence electrons. The third kappa shape index (κ3) is 3.44. The van der Waals surface area contributed by atoms with E-state index in [-0.39, 0.29) is 6.03 Å². The predicted octanol–water partition coefficient (Wildman–Crippen LogP) is 4.23. The highest BCUT2D eigenvalue weighted by Crippen LogP contribution is 2.25. The SMILES string of the molecule is Cc1cccc(NC(=O)Nc2cccc(-c3nnc4n3CCCC4)c2)c1. The van der Waals surface area contributed by atoms with Crippen molar-refractivity contribution in [1.82, 2.24) is 14.8 Å². The summed E-state index contributed by atoms with van der Waals surface area (Å²) in [5.74, 6) is 1.91. The Labute approximate surface area is 152 Å². The lowest BCUT2D eigenvalue weighted by molar-refractivity contribution is 0.262. The molecule has 2 heterocycles. The van der Waals surface area contributed by atoms with Gasteiger partial charge in [0.05, 0.1) is 0 Å². The molecule has 0 radical (unpaired) electrons. The summed E-state index contributed by atoms with van der Waals surface area (Å²) in [6.45, 7) is 2.94. The van der Waals surface area contributed by atoms with E-state index in [1.54, 1.807) is 0 Å². The van der Waals surface area contributed by atoms with Crippen molar-refractivity contribution in [3.8, 4) is 11.4 Å². The van der Waals surface area contributed by atoms with Crippen LogP contribution in [0.3, 0.4) is 0 Å². The monoisotopic (exact) mass is 347 g/mol. The van der Waals surface area contributed by atoms with Gasteiger partial charge in [0.2, 0.25) is 0 Å². The van der Waals surface area contributed by atoms with E-state index in [1.807, 2.05) is 55.5 Å². The van der Waals surface area contributed by atoms with Crippen LogP contribution in [0.4, 0.5) is 16.2 Å². The highest BCUT2D eigenvalue weighted by Gasteiger charge is 2.17. The Morgan fingerprint density at radius 3 is 2.58 bits per heavy atom. The average Bonchev–Trinajstić information content (AvgIpc) is 3.06. The number of benzene rings is 2. The van der Waals surface area contributed by atoms with Crippen molar-refractivity contribution in [1.29, 1.82) is 0 Å². The topological polar surface area (TPSA) is 71.8 Å². The molecule has 0 saturated heterocycles. The van der Waals surface area contributed by atoms with Crippen LogP contribution in [-0.2, 0) is 13.0 Å². The third-order valence-electron chi connectivity index (χ3n) is 4.51. The maximum absolute atomic E-state index is 12.3. The zero-order valence-electron chi connectivity index (χ0n) is 14.7. The molecule has 3 aromatic rings. The van der Waals surface area contributed by atoms with Crippen molar-refractivity contribution in [3.63, 3.8) is 0 Å². The van der Waals surface area contributed by atoms with Crippen molar-refractivity contribution in [2.45, 2.75) is 32.7 Å². The van der Waals surface area contributed by atoms with E-state index in [0.717, 1.165) is 53.5 Å². The van der Waals surface area contributed by atoms with E-state index in [2.05, 4.69) is 25.4 Å². The summed E-state index contributed by atoms with van der Waals surface area (Å²) in [5, 5.41) is 14.4. The highest BCUT2D eigenvalue weighted by molar-refractivity contribution is 6.00. The van der Waals surface area contributed by atoms with Crippen LogP contribution in [0.2, 0.25) is 0 Å². The zero-order valence-corrected chi connectivity index (χ0v) is 14.7. The maximum atomic E-state index is 12.3. The molecule has 6 heteroatoms. The molecule has 1 aliphatic heterocycles. The van der Waals surface area contributed by atoms with Crippen LogP contribution in [0.1, 0.15) is 24.2 Å². The van der Waals surface area contributed by atoms with Gasteiger partial charge in [0.1, 0.15) is 5.82 Å². The summed E-state index contributed by atoms with van der Waals surface area (Å²) in [6, 6.07) is 15.2. The molecule has 0 saturated carbocycles. The lowest BCUT2D eigenvalue weighted by Crippen LogP contribution is -2.19. The Bertz CT molecular complexity index is 947. The number of carbonyl (C=O) groups excluding carboxylic acids is 1. The van der Waals surface area contributed by atoms with Gasteiger partial charge in [0.25, 0.3) is 0 Å². The van der Waals surface area contributed by atoms with Crippen LogP contribution in [0, 0.1) is 6.92 Å². The number of nitrogens with zero attached hydrogens (tertiary/aromatic N) is 3. The summed E-state index contributed by atoms with van der Waals surface area (Å²) in [7, 11) is 0. The van der Waals surface area contributed by atoms with Gasteiger partial charge in [-0.2, -0.15) is 0 Å². The Balaban J connectivity index is 1.51. The number of rotatable bonds is 3. The quantitative estimate of drug-likeness (QED) is 0.744. The standard InChI is InChI=1S/C20H21N5O/c1-14-6-4-8-16(12-14)21-20(26)22-17-9-5-7-15(13-17)19-24-23-18-10-2-3-11-25(18)19/h4-9,12-13H,2-3,10-11H2,1H3,(H2,21,22,26). The number of hydrogen-bond acceptors (Lipinski definition) is 3. The summed E-state index contributed by atoms with van der Waals surface area (Å²) >= 11 is 0. The minimum absolute atomic E-state index is 0.268. The van der Waals surface area contributed by atoms with Crippen LogP contribution in [0.25, 0.3) is 11.4 Å². The largest absolute Gasteiger partial charge is 0.323 e. The molecule has 0 unspecified atom stereocenters. The van der Waals surface area contributed by atoms with Crippen LogP contribution >= 0.6 is 0 Å². The van der Waals surface area contributed by atoms with Crippen LogP contribution < -0.4 is 10.6 Å². The van der Waals surface area contributed by atoms with Crippen molar-refractivity contribution in [3.05, 3.63) is 59.9 Å². The molecular weight excluding hydrogens is 326 g/mol. The Hall–Kier alpha value is -3.15. The summed E-state index contributed by atoms with van der Waals surface area (Å²) in [4.78, 5) is 12.3. The van der Waals surface area contributed by atoms with Crippen molar-refractivity contribution in [2.75, 3.05) is 10.6 Å². The number of hydrogen-bond donors (Lipinski definition) is 2. The fourth-order valence-corrected chi connectivity index (χ4v) is 3.27. The highest BCUT2D eigenvalue weighted by atomic mass is 16.2. The molecule has 0 aliphatic carbocycles. The van der Waals surface area contributed by atoms with Crippen molar-refractivity contribution < 1.29 is 4.79 Å². The number of anilines is 2. The molecule has 0 spiro atoms. The molecule has 6 nitrogen and oxygen atoms in total. The Kier molecular flexibility index (Phi) is 4.39. The van der Waals surface area contributed by atoms with Gasteiger partial charge in [-0.1, -0.05) is 24.3 Å². The fraction of sp³-hybridized carbons (Fsp3) is 0.250. The molecule has 1 aliphatic rings. The first kappa shape index (κ1) is 16.3. The normalized spacial score (nSPS) is 13.1.